The van der Waals surface area contributed by atoms with E-state index >= 15 is 0 Å². The van der Waals surface area contributed by atoms with Crippen LogP contribution in [0.15, 0.2) is 0 Å². The average molecular weight is 1330 g/mol. The fourth-order valence-electron chi connectivity index (χ4n) is 1.19. The zero-order chi connectivity index (χ0) is 41.6. The molecule has 0 saturated carbocycles. The number of aliphatic hydroxyl groups is 2. The molecule has 360 valence electrons. The number of rotatable bonds is 6. The van der Waals surface area contributed by atoms with Crippen LogP contribution in [-0.4, -0.2) is 158 Å². The van der Waals surface area contributed by atoms with Crippen molar-refractivity contribution < 1.29 is 93.9 Å². The molecule has 2 aliphatic heterocycles. The van der Waals surface area contributed by atoms with Gasteiger partial charge in [-0.25, -0.2) is 4.21 Å². The third kappa shape index (κ3) is 247. The van der Waals surface area contributed by atoms with Crippen molar-refractivity contribution in [2.75, 3.05) is 39.9 Å². The van der Waals surface area contributed by atoms with Gasteiger partial charge >= 0.3 is 125 Å². The van der Waals surface area contributed by atoms with Gasteiger partial charge in [0.1, 0.15) is 5.78 Å². The van der Waals surface area contributed by atoms with E-state index in [0.717, 1.165) is 32.8 Å². The Kier molecular flexibility index (Phi) is 295. The SMILES string of the molecule is Br.Br.C1CO1.CC.CCBr.CCC.CCC(C)=O.CCC(CC(=O)Cl)C(=O)OC.CCCC.CO.CO.Cl.N.O.O=C1CCC(=O)O1.O=S(Cl)Cl.[Cl][Cd][Cl].[H-].[H-].[H-].[H-].[H-].[H-].[Mg+2].[Mg+2].[Mg+2].[OH3+]. The van der Waals surface area contributed by atoms with Gasteiger partial charge in [0, 0.05) is 53.8 Å². The number of esters is 3. The summed E-state index contributed by atoms with van der Waals surface area (Å²) in [5.74, 6) is -1.30. The molecule has 0 radical (unpaired) electrons. The Morgan fingerprint density at radius 1 is 0.879 bits per heavy atom. The topological polar surface area (TPSA) is 273 Å². The monoisotopic (exact) mass is 1330 g/mol. The minimum absolute atomic E-state index is 0. The molecule has 0 spiro atoms. The quantitative estimate of drug-likeness (QED) is 0.0427. The summed E-state index contributed by atoms with van der Waals surface area (Å²) < 4.78 is 22.1. The van der Waals surface area contributed by atoms with E-state index in [9.17, 15) is 24.0 Å². The second-order valence-electron chi connectivity index (χ2n) is 7.46. The maximum atomic E-state index is 10.8. The Hall–Kier alpha value is 4.26. The summed E-state index contributed by atoms with van der Waals surface area (Å²) in [6.07, 6.45) is 5.72. The molecule has 0 bridgehead atoms. The van der Waals surface area contributed by atoms with Crippen molar-refractivity contribution in [2.45, 2.75) is 121 Å². The van der Waals surface area contributed by atoms with Crippen LogP contribution in [0.4, 0.5) is 0 Å². The number of cyclic esters (lactones) is 2. The molecular weight excluding hydrogens is 1250 g/mol. The van der Waals surface area contributed by atoms with Crippen LogP contribution in [-0.2, 0) is 74.7 Å². The summed E-state index contributed by atoms with van der Waals surface area (Å²) in [6.45, 7) is 21.9. The number of hydrogen-bond donors (Lipinski definition) is 3. The summed E-state index contributed by atoms with van der Waals surface area (Å²) >= 11 is 7.19. The normalized spacial score (nSPS) is 8.86. The number of carbonyl (C=O) groups is 5. The number of carbonyl (C=O) groups excluding carboxylic acids is 5. The molecule has 14 nitrogen and oxygen atoms in total. The fraction of sp³-hybridized carbons (Fsp3) is 0.833. The van der Waals surface area contributed by atoms with Crippen LogP contribution >= 0.6 is 112 Å². The molecule has 0 aromatic heterocycles. The average Bonchev–Trinajstić information content (AvgIpc) is 3.92. The number of halogens is 9. The summed E-state index contributed by atoms with van der Waals surface area (Å²) in [5, 5.41) is 14.6. The molecule has 1 atom stereocenters. The molecule has 0 aliphatic carbocycles. The first kappa shape index (κ1) is 125. The third-order valence-electron chi connectivity index (χ3n) is 3.40. The first-order valence-electron chi connectivity index (χ1n) is 15.4. The van der Waals surface area contributed by atoms with Crippen molar-refractivity contribution in [2.24, 2.45) is 5.92 Å². The summed E-state index contributed by atoms with van der Waals surface area (Å²) in [6, 6.07) is 0. The van der Waals surface area contributed by atoms with E-state index < -0.39 is 48.2 Å². The van der Waals surface area contributed by atoms with E-state index in [2.05, 4.69) is 79.2 Å². The Morgan fingerprint density at radius 3 is 1.16 bits per heavy atom. The van der Waals surface area contributed by atoms with Crippen molar-refractivity contribution in [3.05, 3.63) is 0 Å². The van der Waals surface area contributed by atoms with Gasteiger partial charge in [0.25, 0.3) is 0 Å². The number of aliphatic hydroxyl groups excluding tert-OH is 2. The Labute approximate surface area is 479 Å². The first-order valence-corrected chi connectivity index (χ1v) is 30.0. The minimum atomic E-state index is -1.67. The number of Topliss-reactive ketones (excluding diaryl/α,β-unsaturated/α-hetero) is 1. The number of ether oxygens (including phenoxy) is 3. The van der Waals surface area contributed by atoms with E-state index in [1.54, 1.807) is 13.8 Å². The van der Waals surface area contributed by atoms with Gasteiger partial charge in [-0.3, -0.25) is 19.2 Å². The zero-order valence-corrected chi connectivity index (χ0v) is 55.6. The van der Waals surface area contributed by atoms with Gasteiger partial charge in [-0.1, -0.05) is 97.5 Å². The van der Waals surface area contributed by atoms with Gasteiger partial charge in [0.2, 0.25) is 14.5 Å². The summed E-state index contributed by atoms with van der Waals surface area (Å²) in [4.78, 5) is 51.1. The van der Waals surface area contributed by atoms with E-state index in [0.29, 0.717) is 12.8 Å². The molecule has 28 heteroatoms. The molecule has 1 unspecified atom stereocenters. The Balaban J connectivity index is -0.0000000114. The zero-order valence-electron chi connectivity index (χ0n) is 42.9. The van der Waals surface area contributed by atoms with Crippen LogP contribution in [0.5, 0.6) is 0 Å². The molecule has 2 fully saturated rings. The van der Waals surface area contributed by atoms with Crippen LogP contribution in [0.2, 0.25) is 0 Å². The largest absolute Gasteiger partial charge is 2.00 e. The molecule has 58 heavy (non-hydrogen) atoms. The van der Waals surface area contributed by atoms with E-state index in [1.807, 2.05) is 27.7 Å². The number of methoxy groups -OCH3 is 1. The van der Waals surface area contributed by atoms with Crippen LogP contribution in [0.3, 0.4) is 0 Å². The minimum Gasteiger partial charge on any atom is -1.00 e. The second-order valence-corrected chi connectivity index (χ2v) is 17.5. The van der Waals surface area contributed by atoms with Crippen molar-refractivity contribution in [3.8, 4) is 0 Å². The number of unbranched alkanes of at least 4 members (excludes halogenated alkanes) is 1. The predicted octanol–water partition coefficient (Wildman–Crippen LogP) is 9.00. The molecular formula is C30H81Br3CdCl6Mg3NO13S+. The van der Waals surface area contributed by atoms with Gasteiger partial charge in [0.15, 0.2) is 0 Å². The third-order valence-corrected chi connectivity index (χ3v) is 3.55. The number of epoxide rings is 1. The standard InChI is InChI=1S/C7H11ClO3.C4H4O3.C4H8O.C4H10.C3H8.C2H5Br.C2H4O.C2H6.2CH4O.2BrH.Cd.Cl2OS.3ClH.3Mg.H3N.2H2O.6H/c1-3-5(4-6(8)9)7(10)11-2;5-3-1-2-4(6)7-3;1-3-4(2)5;1-3-4-2;1-3-2;1-2-3;1-2-3-1;3*1-2;;;;1-4(2)3;;;;;;;;;;;;;;;/h5H,3-4H2,1-2H3;1-2H2;3H2,1-2H3;3-4H2,1-2H3;3H2,1-2H3;2H2,1H3;1-2H2;1-2H3;2*2H,1H3;2*1H;;;3*1H;;;;1H3;2*1H2;;;;;;/q;;;;;;;;;;;;+2;;;;;3*+2;;;;6*-1/p-1. The van der Waals surface area contributed by atoms with Gasteiger partial charge in [0.05, 0.1) is 39.1 Å². The molecule has 0 aromatic rings. The van der Waals surface area contributed by atoms with Crippen LogP contribution in [0, 0.1) is 5.92 Å². The smallest absolute Gasteiger partial charge is 1.00 e. The molecule has 0 aromatic carbocycles. The molecule has 2 saturated heterocycles. The van der Waals surface area contributed by atoms with Gasteiger partial charge in [-0.05, 0) is 24.9 Å². The van der Waals surface area contributed by atoms with Crippen LogP contribution < -0.4 is 6.15 Å². The van der Waals surface area contributed by atoms with Crippen LogP contribution in [0.1, 0.15) is 129 Å². The molecule has 10 N–H and O–H groups in total. The molecule has 2 aliphatic rings. The molecule has 0 amide bonds. The van der Waals surface area contributed by atoms with E-state index in [1.165, 1.54) is 26.4 Å². The van der Waals surface area contributed by atoms with Gasteiger partial charge in [-0.2, -0.15) is 0 Å². The Bertz CT molecular complexity index is 716. The summed E-state index contributed by atoms with van der Waals surface area (Å²) in [7, 11) is 20.6. The van der Waals surface area contributed by atoms with Crippen LogP contribution in [0.25, 0.3) is 0 Å². The first-order chi connectivity index (χ1) is 23.1. The molecule has 2 heterocycles. The number of alkyl halides is 1. The van der Waals surface area contributed by atoms with Crippen molar-refractivity contribution in [1.82, 2.24) is 6.15 Å². The van der Waals surface area contributed by atoms with Gasteiger partial charge < -0.3 is 54.9 Å². The van der Waals surface area contributed by atoms with Gasteiger partial charge in [-0.15, -0.1) is 46.4 Å². The fourth-order valence-corrected chi connectivity index (χ4v) is 1.37. The van der Waals surface area contributed by atoms with E-state index in [4.69, 9.17) is 42.7 Å². The predicted molar refractivity (Wildman–Crippen MR) is 274 cm³/mol. The number of ketones is 1. The van der Waals surface area contributed by atoms with Crippen molar-refractivity contribution in [3.63, 3.8) is 0 Å². The van der Waals surface area contributed by atoms with E-state index in [-0.39, 0.29) is 178 Å². The second kappa shape index (κ2) is 137. The maximum Gasteiger partial charge on any atom is 2.00 e. The van der Waals surface area contributed by atoms with Crippen molar-refractivity contribution in [1.29, 1.82) is 0 Å². The maximum absolute atomic E-state index is 10.8. The molecule has 2 rings (SSSR count). The number of hydrogen-bond acceptors (Lipinski definition) is 12. The Morgan fingerprint density at radius 2 is 1.09 bits per heavy atom. The van der Waals surface area contributed by atoms with Crippen molar-refractivity contribution >= 4 is 219 Å². The summed E-state index contributed by atoms with van der Waals surface area (Å²) in [5.41, 5.74) is 0.